The van der Waals surface area contributed by atoms with Crippen LogP contribution in [0.25, 0.3) is 10.9 Å². The molecule has 1 fully saturated rings. The third-order valence-corrected chi connectivity index (χ3v) is 5.54. The van der Waals surface area contributed by atoms with Gasteiger partial charge in [0.15, 0.2) is 5.82 Å². The smallest absolute Gasteiger partial charge is 0.285 e. The number of nitro groups is 1. The number of nitrogens with zero attached hydrogens (tertiary/aromatic N) is 3. The van der Waals surface area contributed by atoms with Gasteiger partial charge in [0.25, 0.3) is 5.69 Å². The number of benzene rings is 2. The Labute approximate surface area is 183 Å². The van der Waals surface area contributed by atoms with Crippen LogP contribution in [0, 0.1) is 33.2 Å². The molecule has 3 aromatic rings. The van der Waals surface area contributed by atoms with Crippen LogP contribution in [0.2, 0.25) is 5.02 Å². The first-order chi connectivity index (χ1) is 14.9. The first-order valence-electron chi connectivity index (χ1n) is 9.74. The van der Waals surface area contributed by atoms with Crippen LogP contribution in [0.1, 0.15) is 25.3 Å². The molecule has 9 heteroatoms. The van der Waals surface area contributed by atoms with Crippen LogP contribution in [-0.4, -0.2) is 28.0 Å². The van der Waals surface area contributed by atoms with Crippen molar-refractivity contribution in [2.24, 2.45) is 5.41 Å². The quantitative estimate of drug-likeness (QED) is 0.345. The maximum absolute atomic E-state index is 14.3. The molecule has 2 N–H and O–H groups in total. The van der Waals surface area contributed by atoms with Gasteiger partial charge in [0.05, 0.1) is 21.2 Å². The summed E-state index contributed by atoms with van der Waals surface area (Å²) >= 11 is 5.84. The lowest BCUT2D eigenvalue weighted by Crippen LogP contribution is -2.36. The predicted molar refractivity (Wildman–Crippen MR) is 118 cm³/mol. The van der Waals surface area contributed by atoms with Crippen molar-refractivity contribution in [3.05, 3.63) is 63.2 Å². The second kappa shape index (κ2) is 8.46. The Bertz CT molecular complexity index is 1230. The normalized spacial score (nSPS) is 18.3. The molecule has 1 aromatic heterocycles. The molecule has 158 valence electrons. The summed E-state index contributed by atoms with van der Waals surface area (Å²) in [7, 11) is 0. The third kappa shape index (κ3) is 4.43. The maximum Gasteiger partial charge on any atom is 0.285 e. The van der Waals surface area contributed by atoms with Crippen LogP contribution in [0.4, 0.5) is 21.6 Å². The van der Waals surface area contributed by atoms with Gasteiger partial charge in [-0.2, -0.15) is 0 Å². The van der Waals surface area contributed by atoms with Crippen molar-refractivity contribution >= 4 is 39.7 Å². The molecule has 0 saturated carbocycles. The van der Waals surface area contributed by atoms with Crippen molar-refractivity contribution in [2.45, 2.75) is 19.8 Å². The molecule has 1 atom stereocenters. The number of hydrogen-bond donors (Lipinski definition) is 2. The second-order valence-corrected chi connectivity index (χ2v) is 8.09. The van der Waals surface area contributed by atoms with Gasteiger partial charge in [-0.05, 0) is 44.5 Å². The van der Waals surface area contributed by atoms with E-state index < -0.39 is 10.7 Å². The van der Waals surface area contributed by atoms with Crippen LogP contribution in [-0.2, 0) is 0 Å². The van der Waals surface area contributed by atoms with E-state index in [0.717, 1.165) is 25.9 Å². The Morgan fingerprint density at radius 2 is 2.19 bits per heavy atom. The molecule has 2 aromatic carbocycles. The zero-order valence-electron chi connectivity index (χ0n) is 16.7. The number of halogens is 2. The largest absolute Gasteiger partial charge is 0.337 e. The van der Waals surface area contributed by atoms with E-state index in [1.807, 2.05) is 6.92 Å². The number of nitrogens with one attached hydrogen (secondary N) is 2. The van der Waals surface area contributed by atoms with E-state index in [0.29, 0.717) is 10.9 Å². The van der Waals surface area contributed by atoms with Crippen LogP contribution >= 0.6 is 11.6 Å². The lowest BCUT2D eigenvalue weighted by Gasteiger charge is -2.28. The summed E-state index contributed by atoms with van der Waals surface area (Å²) < 4.78 is 14.3. The van der Waals surface area contributed by atoms with Gasteiger partial charge < -0.3 is 10.6 Å². The Hall–Kier alpha value is -3.28. The van der Waals surface area contributed by atoms with Crippen molar-refractivity contribution in [3.63, 3.8) is 0 Å². The zero-order chi connectivity index (χ0) is 22.0. The average Bonchev–Trinajstić information content (AvgIpc) is 2.75. The molecule has 0 aliphatic carbocycles. The number of nitro benzene ring substituents is 1. The highest BCUT2D eigenvalue weighted by atomic mass is 35.5. The van der Waals surface area contributed by atoms with Gasteiger partial charge in [0, 0.05) is 23.4 Å². The summed E-state index contributed by atoms with van der Waals surface area (Å²) in [4.78, 5) is 19.6. The number of hydrogen-bond acceptors (Lipinski definition) is 6. The van der Waals surface area contributed by atoms with Crippen molar-refractivity contribution in [3.8, 4) is 11.8 Å². The summed E-state index contributed by atoms with van der Waals surface area (Å²) in [6, 6.07) is 7.46. The van der Waals surface area contributed by atoms with Gasteiger partial charge in [0.2, 0.25) is 0 Å². The minimum absolute atomic E-state index is 0.0439. The fourth-order valence-electron chi connectivity index (χ4n) is 3.55. The number of rotatable bonds is 3. The summed E-state index contributed by atoms with van der Waals surface area (Å²) in [5.41, 5.74) is 0.446. The van der Waals surface area contributed by atoms with E-state index in [1.54, 1.807) is 12.1 Å². The van der Waals surface area contributed by atoms with Crippen LogP contribution < -0.4 is 10.6 Å². The summed E-state index contributed by atoms with van der Waals surface area (Å²) in [6.45, 7) is 3.74. The van der Waals surface area contributed by atoms with E-state index in [4.69, 9.17) is 11.6 Å². The SMILES string of the molecule is C[C@@]1(C#Cc2cc3ncnc(Nc4cccc(Cl)c4F)c3cc2[N+](=O)[O-])CCCNC1. The van der Waals surface area contributed by atoms with E-state index in [1.165, 1.54) is 24.5 Å². The van der Waals surface area contributed by atoms with E-state index in [-0.39, 0.29) is 33.2 Å². The standard InChI is InChI=1S/C22H19ClFN5O2/c1-22(7-3-9-25-12-22)8-6-14-10-18-15(11-19(14)29(30)31)21(27-13-26-18)28-17-5-2-4-16(23)20(17)24/h2,4-5,10-11,13,25H,3,7,9,12H2,1H3,(H,26,27,28)/t22-/m0/s1. The summed E-state index contributed by atoms with van der Waals surface area (Å²) in [5.74, 6) is 5.79. The maximum atomic E-state index is 14.3. The Morgan fingerprint density at radius 1 is 1.35 bits per heavy atom. The molecule has 7 nitrogen and oxygen atoms in total. The predicted octanol–water partition coefficient (Wildman–Crippen LogP) is 4.82. The monoisotopic (exact) mass is 439 g/mol. The lowest BCUT2D eigenvalue weighted by molar-refractivity contribution is -0.385. The first-order valence-corrected chi connectivity index (χ1v) is 10.1. The molecule has 31 heavy (non-hydrogen) atoms. The second-order valence-electron chi connectivity index (χ2n) is 7.68. The fraction of sp³-hybridized carbons (Fsp3) is 0.273. The zero-order valence-corrected chi connectivity index (χ0v) is 17.5. The minimum atomic E-state index is -0.637. The molecule has 1 aliphatic heterocycles. The molecule has 4 rings (SSSR count). The van der Waals surface area contributed by atoms with Crippen molar-refractivity contribution in [2.75, 3.05) is 18.4 Å². The van der Waals surface area contributed by atoms with Gasteiger partial charge in [-0.3, -0.25) is 10.1 Å². The van der Waals surface area contributed by atoms with E-state index in [2.05, 4.69) is 32.4 Å². The average molecular weight is 440 g/mol. The molecular formula is C22H19ClFN5O2. The number of fused-ring (bicyclic) bond motifs is 1. The molecule has 2 heterocycles. The number of aromatic nitrogens is 2. The highest BCUT2D eigenvalue weighted by Crippen LogP contribution is 2.32. The Morgan fingerprint density at radius 3 is 2.94 bits per heavy atom. The minimum Gasteiger partial charge on any atom is -0.337 e. The third-order valence-electron chi connectivity index (χ3n) is 5.25. The molecule has 0 spiro atoms. The van der Waals surface area contributed by atoms with Crippen molar-refractivity contribution < 1.29 is 9.31 Å². The van der Waals surface area contributed by atoms with Crippen LogP contribution in [0.3, 0.4) is 0 Å². The Kier molecular flexibility index (Phi) is 5.72. The Balaban J connectivity index is 1.78. The molecular weight excluding hydrogens is 421 g/mol. The van der Waals surface area contributed by atoms with Crippen LogP contribution in [0.15, 0.2) is 36.7 Å². The number of piperidine rings is 1. The first kappa shape index (κ1) is 21.0. The highest BCUT2D eigenvalue weighted by molar-refractivity contribution is 6.31. The molecule has 1 saturated heterocycles. The van der Waals surface area contributed by atoms with Gasteiger partial charge in [-0.1, -0.05) is 29.5 Å². The highest BCUT2D eigenvalue weighted by Gasteiger charge is 2.25. The van der Waals surface area contributed by atoms with E-state index in [9.17, 15) is 14.5 Å². The van der Waals surface area contributed by atoms with Gasteiger partial charge in [0.1, 0.15) is 17.7 Å². The molecule has 0 bridgehead atoms. The van der Waals surface area contributed by atoms with Crippen molar-refractivity contribution in [1.29, 1.82) is 0 Å². The molecule has 0 amide bonds. The van der Waals surface area contributed by atoms with Gasteiger partial charge in [-0.25, -0.2) is 14.4 Å². The van der Waals surface area contributed by atoms with Crippen molar-refractivity contribution in [1.82, 2.24) is 15.3 Å². The summed E-state index contributed by atoms with van der Waals surface area (Å²) in [5, 5.41) is 18.3. The topological polar surface area (TPSA) is 93.0 Å². The molecule has 1 aliphatic rings. The lowest BCUT2D eigenvalue weighted by atomic mass is 9.83. The molecule has 0 radical (unpaired) electrons. The molecule has 0 unspecified atom stereocenters. The summed E-state index contributed by atoms with van der Waals surface area (Å²) in [6.07, 6.45) is 3.24. The van der Waals surface area contributed by atoms with Gasteiger partial charge >= 0.3 is 0 Å². The fourth-order valence-corrected chi connectivity index (χ4v) is 3.73. The van der Waals surface area contributed by atoms with Crippen LogP contribution in [0.5, 0.6) is 0 Å². The van der Waals surface area contributed by atoms with Gasteiger partial charge in [-0.15, -0.1) is 0 Å². The van der Waals surface area contributed by atoms with E-state index >= 15 is 0 Å². The number of anilines is 2.